The molecule has 0 aromatic heterocycles. The first-order valence-electron chi connectivity index (χ1n) is 9.48. The van der Waals surface area contributed by atoms with Crippen molar-refractivity contribution >= 4 is 11.8 Å². The molecule has 1 saturated heterocycles. The van der Waals surface area contributed by atoms with Gasteiger partial charge in [0, 0.05) is 25.6 Å². The Labute approximate surface area is 151 Å². The Kier molecular flexibility index (Phi) is 5.16. The van der Waals surface area contributed by atoms with Crippen molar-refractivity contribution in [1.29, 1.82) is 0 Å². The Bertz CT molecular complexity index is 628. The molecule has 1 heterocycles. The molecule has 4 heteroatoms. The molecule has 0 saturated carbocycles. The molecule has 4 nitrogen and oxygen atoms in total. The van der Waals surface area contributed by atoms with Gasteiger partial charge in [-0.3, -0.25) is 9.59 Å². The lowest BCUT2D eigenvalue weighted by molar-refractivity contribution is -0.134. The van der Waals surface area contributed by atoms with Crippen LogP contribution in [0.25, 0.3) is 0 Å². The van der Waals surface area contributed by atoms with Gasteiger partial charge in [0.2, 0.25) is 11.8 Å². The fourth-order valence-electron chi connectivity index (χ4n) is 4.48. The second kappa shape index (κ2) is 7.19. The molecule has 0 radical (unpaired) electrons. The lowest BCUT2D eigenvalue weighted by Gasteiger charge is -2.35. The zero-order valence-corrected chi connectivity index (χ0v) is 15.7. The monoisotopic (exact) mass is 342 g/mol. The van der Waals surface area contributed by atoms with Crippen LogP contribution in [0.3, 0.4) is 0 Å². The second-order valence-corrected chi connectivity index (χ2v) is 8.42. The number of carbonyl (C=O) groups is 2. The van der Waals surface area contributed by atoms with Gasteiger partial charge in [0.1, 0.15) is 0 Å². The Morgan fingerprint density at radius 3 is 2.44 bits per heavy atom. The maximum absolute atomic E-state index is 12.7. The average molecular weight is 342 g/mol. The molecule has 1 aliphatic heterocycles. The number of likely N-dealkylation sites (tertiary alicyclic amines) is 1. The van der Waals surface area contributed by atoms with E-state index < -0.39 is 0 Å². The van der Waals surface area contributed by atoms with Crippen molar-refractivity contribution in [3.05, 3.63) is 35.4 Å². The van der Waals surface area contributed by atoms with Crippen LogP contribution in [0, 0.1) is 11.8 Å². The van der Waals surface area contributed by atoms with Gasteiger partial charge in [-0.2, -0.15) is 0 Å². The minimum Gasteiger partial charge on any atom is -0.351 e. The number of piperidine rings is 1. The quantitative estimate of drug-likeness (QED) is 0.914. The highest BCUT2D eigenvalue weighted by molar-refractivity contribution is 5.81. The molecule has 2 aliphatic rings. The number of carbonyl (C=O) groups excluding carboxylic acids is 2. The molecule has 1 unspecified atom stereocenters. The Morgan fingerprint density at radius 2 is 1.84 bits per heavy atom. The van der Waals surface area contributed by atoms with Crippen molar-refractivity contribution in [1.82, 2.24) is 10.2 Å². The van der Waals surface area contributed by atoms with E-state index in [1.54, 1.807) is 11.8 Å². The van der Waals surface area contributed by atoms with E-state index in [4.69, 9.17) is 0 Å². The first-order valence-corrected chi connectivity index (χ1v) is 9.48. The zero-order chi connectivity index (χ0) is 18.0. The van der Waals surface area contributed by atoms with Gasteiger partial charge in [-0.05, 0) is 63.0 Å². The highest BCUT2D eigenvalue weighted by atomic mass is 16.2. The predicted octanol–water partition coefficient (Wildman–Crippen LogP) is 2.94. The van der Waals surface area contributed by atoms with Gasteiger partial charge in [0.05, 0.1) is 5.92 Å². The van der Waals surface area contributed by atoms with Crippen molar-refractivity contribution in [2.24, 2.45) is 11.8 Å². The molecule has 0 spiro atoms. The van der Waals surface area contributed by atoms with Crippen LogP contribution in [0.15, 0.2) is 24.3 Å². The molecular formula is C21H30N2O2. The molecular weight excluding hydrogens is 312 g/mol. The molecule has 1 aromatic carbocycles. The van der Waals surface area contributed by atoms with E-state index in [1.165, 1.54) is 11.1 Å². The van der Waals surface area contributed by atoms with Crippen molar-refractivity contribution in [2.45, 2.75) is 58.4 Å². The third-order valence-corrected chi connectivity index (χ3v) is 5.63. The summed E-state index contributed by atoms with van der Waals surface area (Å²) in [5, 5.41) is 3.26. The largest absolute Gasteiger partial charge is 0.351 e. The molecule has 0 bridgehead atoms. The van der Waals surface area contributed by atoms with Crippen molar-refractivity contribution in [3.8, 4) is 0 Å². The maximum atomic E-state index is 12.7. The Hall–Kier alpha value is -1.84. The van der Waals surface area contributed by atoms with Crippen LogP contribution >= 0.6 is 0 Å². The van der Waals surface area contributed by atoms with E-state index >= 15 is 0 Å². The van der Waals surface area contributed by atoms with Gasteiger partial charge in [0.25, 0.3) is 0 Å². The molecule has 136 valence electrons. The highest BCUT2D eigenvalue weighted by Crippen LogP contribution is 2.32. The van der Waals surface area contributed by atoms with Crippen LogP contribution in [0.5, 0.6) is 0 Å². The first-order chi connectivity index (χ1) is 11.8. The minimum absolute atomic E-state index is 0.0699. The summed E-state index contributed by atoms with van der Waals surface area (Å²) in [5.41, 5.74) is 2.69. The van der Waals surface area contributed by atoms with E-state index in [0.29, 0.717) is 12.5 Å². The maximum Gasteiger partial charge on any atom is 0.225 e. The van der Waals surface area contributed by atoms with Crippen LogP contribution in [0.2, 0.25) is 0 Å². The number of benzene rings is 1. The fourth-order valence-corrected chi connectivity index (χ4v) is 4.48. The van der Waals surface area contributed by atoms with Gasteiger partial charge < -0.3 is 10.2 Å². The third-order valence-electron chi connectivity index (χ3n) is 5.63. The summed E-state index contributed by atoms with van der Waals surface area (Å²) in [5.74, 6) is 0.692. The Balaban J connectivity index is 1.54. The van der Waals surface area contributed by atoms with Gasteiger partial charge in [0.15, 0.2) is 0 Å². The lowest BCUT2D eigenvalue weighted by atomic mass is 9.87. The number of hydrogen-bond donors (Lipinski definition) is 1. The molecule has 1 N–H and O–H groups in total. The minimum atomic E-state index is -0.220. The number of amides is 2. The van der Waals surface area contributed by atoms with E-state index in [1.807, 2.05) is 0 Å². The Morgan fingerprint density at radius 1 is 1.20 bits per heavy atom. The van der Waals surface area contributed by atoms with Gasteiger partial charge >= 0.3 is 0 Å². The molecule has 1 aromatic rings. The standard InChI is InChI=1S/C21H30N2O2/c1-15(24)23-10-6-9-19(14-23)20(25)22-21(2,3)13-16-11-17-7-4-5-8-18(17)12-16/h4-5,7-8,16,19H,6,9-14H2,1-3H3,(H,22,25). The van der Waals surface area contributed by atoms with Crippen LogP contribution < -0.4 is 5.32 Å². The van der Waals surface area contributed by atoms with Crippen LogP contribution in [-0.2, 0) is 22.4 Å². The highest BCUT2D eigenvalue weighted by Gasteiger charge is 2.33. The summed E-state index contributed by atoms with van der Waals surface area (Å²) in [7, 11) is 0. The van der Waals surface area contributed by atoms with E-state index in [9.17, 15) is 9.59 Å². The van der Waals surface area contributed by atoms with Gasteiger partial charge in [-0.1, -0.05) is 24.3 Å². The first kappa shape index (κ1) is 18.0. The summed E-state index contributed by atoms with van der Waals surface area (Å²) in [6, 6.07) is 8.66. The average Bonchev–Trinajstić information content (AvgIpc) is 2.95. The van der Waals surface area contributed by atoms with E-state index in [2.05, 4.69) is 43.4 Å². The van der Waals surface area contributed by atoms with Crippen LogP contribution in [0.4, 0.5) is 0 Å². The fraction of sp³-hybridized carbons (Fsp3) is 0.619. The number of nitrogens with one attached hydrogen (secondary N) is 1. The number of nitrogens with zero attached hydrogens (tertiary/aromatic N) is 1. The van der Waals surface area contributed by atoms with E-state index in [0.717, 1.165) is 38.6 Å². The number of hydrogen-bond acceptors (Lipinski definition) is 2. The molecule has 2 amide bonds. The molecule has 1 fully saturated rings. The summed E-state index contributed by atoms with van der Waals surface area (Å²) < 4.78 is 0. The van der Waals surface area contributed by atoms with Crippen molar-refractivity contribution in [2.75, 3.05) is 13.1 Å². The van der Waals surface area contributed by atoms with E-state index in [-0.39, 0.29) is 23.3 Å². The van der Waals surface area contributed by atoms with Crippen molar-refractivity contribution in [3.63, 3.8) is 0 Å². The topological polar surface area (TPSA) is 49.4 Å². The van der Waals surface area contributed by atoms with Gasteiger partial charge in [-0.25, -0.2) is 0 Å². The summed E-state index contributed by atoms with van der Waals surface area (Å²) in [4.78, 5) is 26.1. The van der Waals surface area contributed by atoms with Crippen molar-refractivity contribution < 1.29 is 9.59 Å². The smallest absolute Gasteiger partial charge is 0.225 e. The van der Waals surface area contributed by atoms with Crippen LogP contribution in [0.1, 0.15) is 51.2 Å². The zero-order valence-electron chi connectivity index (χ0n) is 15.7. The summed E-state index contributed by atoms with van der Waals surface area (Å²) in [6.45, 7) is 7.18. The third kappa shape index (κ3) is 4.42. The molecule has 1 aliphatic carbocycles. The number of fused-ring (bicyclic) bond motifs is 1. The molecule has 1 atom stereocenters. The molecule has 3 rings (SSSR count). The second-order valence-electron chi connectivity index (χ2n) is 8.42. The van der Waals surface area contributed by atoms with Crippen LogP contribution in [-0.4, -0.2) is 35.3 Å². The van der Waals surface area contributed by atoms with Gasteiger partial charge in [-0.15, -0.1) is 0 Å². The summed E-state index contributed by atoms with van der Waals surface area (Å²) in [6.07, 6.45) is 4.99. The lowest BCUT2D eigenvalue weighted by Crippen LogP contribution is -2.51. The predicted molar refractivity (Wildman–Crippen MR) is 99.2 cm³/mol. The molecule has 25 heavy (non-hydrogen) atoms. The number of rotatable bonds is 4. The SMILES string of the molecule is CC(=O)N1CCCC(C(=O)NC(C)(C)CC2Cc3ccccc3C2)C1. The summed E-state index contributed by atoms with van der Waals surface area (Å²) >= 11 is 0. The normalized spacial score (nSPS) is 21.1.